The molecule has 3 N–H and O–H groups in total. The van der Waals surface area contributed by atoms with Crippen LogP contribution in [0.1, 0.15) is 25.1 Å². The van der Waals surface area contributed by atoms with E-state index >= 15 is 0 Å². The second-order valence-electron chi connectivity index (χ2n) is 4.65. The predicted octanol–water partition coefficient (Wildman–Crippen LogP) is -0.274. The third-order valence-electron chi connectivity index (χ3n) is 3.25. The van der Waals surface area contributed by atoms with Gasteiger partial charge in [-0.1, -0.05) is 0 Å². The lowest BCUT2D eigenvalue weighted by molar-refractivity contribution is -0.142. The van der Waals surface area contributed by atoms with E-state index in [1.807, 2.05) is 0 Å². The van der Waals surface area contributed by atoms with Crippen LogP contribution >= 0.6 is 0 Å². The van der Waals surface area contributed by atoms with Gasteiger partial charge in [0.1, 0.15) is 11.9 Å². The van der Waals surface area contributed by atoms with Gasteiger partial charge >= 0.3 is 5.97 Å². The zero-order chi connectivity index (χ0) is 14.6. The van der Waals surface area contributed by atoms with E-state index < -0.39 is 22.2 Å². The van der Waals surface area contributed by atoms with E-state index in [2.05, 4.69) is 14.7 Å². The van der Waals surface area contributed by atoms with Gasteiger partial charge in [-0.25, -0.2) is 9.71 Å². The van der Waals surface area contributed by atoms with Crippen LogP contribution in [0, 0.1) is 0 Å². The minimum atomic E-state index is -3.77. The summed E-state index contributed by atoms with van der Waals surface area (Å²) >= 11 is 0. The van der Waals surface area contributed by atoms with Crippen LogP contribution in [0.25, 0.3) is 0 Å². The Morgan fingerprint density at radius 1 is 1.55 bits per heavy atom. The number of hydrogen-bond donors (Lipinski definition) is 3. The second-order valence-corrected chi connectivity index (χ2v) is 6.35. The molecule has 2 heterocycles. The number of carboxylic acid groups (broad SMARTS) is 1. The molecular weight excluding hydrogens is 284 g/mol. The van der Waals surface area contributed by atoms with Crippen molar-refractivity contribution in [2.24, 2.45) is 0 Å². The van der Waals surface area contributed by atoms with Crippen molar-refractivity contribution in [1.82, 2.24) is 19.0 Å². The van der Waals surface area contributed by atoms with E-state index in [9.17, 15) is 13.2 Å². The summed E-state index contributed by atoms with van der Waals surface area (Å²) in [4.78, 5) is 18.0. The Morgan fingerprint density at radius 2 is 2.35 bits per heavy atom. The molecule has 1 aromatic rings. The molecule has 112 valence electrons. The SMILES string of the molecule is O=C(O)C1CCCCN1S(=O)(=O)NCCc1ncc[nH]1. The van der Waals surface area contributed by atoms with Crippen molar-refractivity contribution < 1.29 is 18.3 Å². The van der Waals surface area contributed by atoms with Crippen LogP contribution in [0.3, 0.4) is 0 Å². The molecule has 1 aliphatic rings. The molecule has 0 aromatic carbocycles. The van der Waals surface area contributed by atoms with Crippen LogP contribution in [0.2, 0.25) is 0 Å². The van der Waals surface area contributed by atoms with Crippen molar-refractivity contribution in [2.75, 3.05) is 13.1 Å². The van der Waals surface area contributed by atoms with Gasteiger partial charge in [-0.3, -0.25) is 4.79 Å². The van der Waals surface area contributed by atoms with Crippen LogP contribution in [-0.2, 0) is 21.4 Å². The van der Waals surface area contributed by atoms with Crippen molar-refractivity contribution >= 4 is 16.2 Å². The minimum Gasteiger partial charge on any atom is -0.480 e. The van der Waals surface area contributed by atoms with Crippen LogP contribution in [0.4, 0.5) is 0 Å². The van der Waals surface area contributed by atoms with Gasteiger partial charge in [0.15, 0.2) is 0 Å². The summed E-state index contributed by atoms with van der Waals surface area (Å²) in [6, 6.07) is -0.968. The molecule has 20 heavy (non-hydrogen) atoms. The summed E-state index contributed by atoms with van der Waals surface area (Å²) in [7, 11) is -3.77. The average molecular weight is 302 g/mol. The largest absolute Gasteiger partial charge is 0.480 e. The van der Waals surface area contributed by atoms with Gasteiger partial charge in [0.25, 0.3) is 10.2 Å². The maximum atomic E-state index is 12.1. The Kier molecular flexibility index (Phi) is 4.73. The smallest absolute Gasteiger partial charge is 0.322 e. The van der Waals surface area contributed by atoms with E-state index in [1.165, 1.54) is 0 Å². The number of nitrogens with zero attached hydrogens (tertiary/aromatic N) is 2. The van der Waals surface area contributed by atoms with Gasteiger partial charge in [0.2, 0.25) is 0 Å². The molecule has 2 rings (SSSR count). The zero-order valence-electron chi connectivity index (χ0n) is 10.9. The molecule has 0 aliphatic carbocycles. The monoisotopic (exact) mass is 302 g/mol. The molecule has 9 heteroatoms. The van der Waals surface area contributed by atoms with Gasteiger partial charge in [0.05, 0.1) is 0 Å². The van der Waals surface area contributed by atoms with Crippen LogP contribution < -0.4 is 4.72 Å². The molecule has 1 aromatic heterocycles. The van der Waals surface area contributed by atoms with Gasteiger partial charge in [0, 0.05) is 31.9 Å². The molecule has 1 unspecified atom stereocenters. The Morgan fingerprint density at radius 3 is 3.00 bits per heavy atom. The lowest BCUT2D eigenvalue weighted by Crippen LogP contribution is -2.52. The number of imidazole rings is 1. The average Bonchev–Trinajstić information content (AvgIpc) is 2.91. The summed E-state index contributed by atoms with van der Waals surface area (Å²) in [6.07, 6.45) is 5.45. The van der Waals surface area contributed by atoms with E-state index in [-0.39, 0.29) is 13.1 Å². The number of aliphatic carboxylic acids is 1. The van der Waals surface area contributed by atoms with Crippen LogP contribution in [0.15, 0.2) is 12.4 Å². The number of aromatic nitrogens is 2. The molecule has 0 saturated carbocycles. The number of rotatable bonds is 6. The fraction of sp³-hybridized carbons (Fsp3) is 0.636. The first-order chi connectivity index (χ1) is 9.50. The molecule has 1 atom stereocenters. The molecule has 0 bridgehead atoms. The molecule has 1 fully saturated rings. The summed E-state index contributed by atoms with van der Waals surface area (Å²) < 4.78 is 27.8. The first-order valence-corrected chi connectivity index (χ1v) is 7.92. The summed E-state index contributed by atoms with van der Waals surface area (Å²) in [6.45, 7) is 0.422. The van der Waals surface area contributed by atoms with E-state index in [0.717, 1.165) is 10.7 Å². The van der Waals surface area contributed by atoms with Gasteiger partial charge in [-0.05, 0) is 19.3 Å². The van der Waals surface area contributed by atoms with Crippen LogP contribution in [0.5, 0.6) is 0 Å². The molecule has 0 radical (unpaired) electrons. The summed E-state index contributed by atoms with van der Waals surface area (Å²) in [5, 5.41) is 9.10. The highest BCUT2D eigenvalue weighted by Crippen LogP contribution is 2.19. The Bertz CT molecular complexity index is 543. The van der Waals surface area contributed by atoms with Gasteiger partial charge in [-0.2, -0.15) is 12.7 Å². The summed E-state index contributed by atoms with van der Waals surface area (Å²) in [5.74, 6) is -0.415. The molecule has 0 amide bonds. The first-order valence-electron chi connectivity index (χ1n) is 6.48. The predicted molar refractivity (Wildman–Crippen MR) is 71.2 cm³/mol. The molecular formula is C11H18N4O4S. The lowest BCUT2D eigenvalue weighted by Gasteiger charge is -2.31. The van der Waals surface area contributed by atoms with Crippen molar-refractivity contribution in [3.63, 3.8) is 0 Å². The zero-order valence-corrected chi connectivity index (χ0v) is 11.8. The number of nitrogens with one attached hydrogen (secondary N) is 2. The fourth-order valence-corrected chi connectivity index (χ4v) is 3.68. The standard InChI is InChI=1S/C11H18N4O4S/c16-11(17)9-3-1-2-8-15(9)20(18,19)14-5-4-10-12-6-7-13-10/h6-7,9,14H,1-5,8H2,(H,12,13)(H,16,17). The number of H-pyrrole nitrogens is 1. The van der Waals surface area contributed by atoms with Gasteiger partial charge < -0.3 is 10.1 Å². The highest BCUT2D eigenvalue weighted by atomic mass is 32.2. The van der Waals surface area contributed by atoms with Gasteiger partial charge in [-0.15, -0.1) is 0 Å². The lowest BCUT2D eigenvalue weighted by atomic mass is 10.1. The number of carbonyl (C=O) groups is 1. The highest BCUT2D eigenvalue weighted by molar-refractivity contribution is 7.87. The van der Waals surface area contributed by atoms with E-state index in [1.54, 1.807) is 12.4 Å². The van der Waals surface area contributed by atoms with Crippen molar-refractivity contribution in [2.45, 2.75) is 31.7 Å². The number of carboxylic acids is 1. The van der Waals surface area contributed by atoms with Crippen molar-refractivity contribution in [3.05, 3.63) is 18.2 Å². The van der Waals surface area contributed by atoms with E-state index in [4.69, 9.17) is 5.11 Å². The number of aromatic amines is 1. The number of hydrogen-bond acceptors (Lipinski definition) is 4. The third kappa shape index (κ3) is 3.56. The fourth-order valence-electron chi connectivity index (χ4n) is 2.26. The maximum absolute atomic E-state index is 12.1. The van der Waals surface area contributed by atoms with Crippen molar-refractivity contribution in [3.8, 4) is 0 Å². The quantitative estimate of drug-likeness (QED) is 0.669. The third-order valence-corrected chi connectivity index (χ3v) is 4.87. The molecule has 1 saturated heterocycles. The number of piperidine rings is 1. The molecule has 1 aliphatic heterocycles. The Hall–Kier alpha value is -1.45. The van der Waals surface area contributed by atoms with Crippen LogP contribution in [-0.4, -0.2) is 52.9 Å². The maximum Gasteiger partial charge on any atom is 0.322 e. The normalized spacial score (nSPS) is 20.9. The van der Waals surface area contributed by atoms with E-state index in [0.29, 0.717) is 25.1 Å². The molecule has 8 nitrogen and oxygen atoms in total. The van der Waals surface area contributed by atoms with Crippen molar-refractivity contribution in [1.29, 1.82) is 0 Å². The molecule has 0 spiro atoms. The Labute approximate surface area is 117 Å². The first kappa shape index (κ1) is 14.9. The summed E-state index contributed by atoms with van der Waals surface area (Å²) in [5.41, 5.74) is 0. The highest BCUT2D eigenvalue weighted by Gasteiger charge is 2.36. The Balaban J connectivity index is 1.95. The second kappa shape index (κ2) is 6.33. The minimum absolute atomic E-state index is 0.179. The topological polar surface area (TPSA) is 115 Å².